The van der Waals surface area contributed by atoms with Gasteiger partial charge in [-0.1, -0.05) is 38.5 Å². The van der Waals surface area contributed by atoms with Crippen molar-refractivity contribution in [3.8, 4) is 0 Å². The van der Waals surface area contributed by atoms with E-state index >= 15 is 0 Å². The minimum absolute atomic E-state index is 0.0435. The van der Waals surface area contributed by atoms with Gasteiger partial charge in [0, 0.05) is 11.9 Å². The zero-order valence-electron chi connectivity index (χ0n) is 11.8. The molecule has 1 atom stereocenters. The van der Waals surface area contributed by atoms with Gasteiger partial charge in [0.25, 0.3) is 0 Å². The van der Waals surface area contributed by atoms with Crippen LogP contribution in [0.15, 0.2) is 34.7 Å². The quantitative estimate of drug-likeness (QED) is 0.743. The van der Waals surface area contributed by atoms with Gasteiger partial charge in [0.2, 0.25) is 5.78 Å². The van der Waals surface area contributed by atoms with Gasteiger partial charge in [-0.2, -0.15) is 0 Å². The lowest BCUT2D eigenvalue weighted by Gasteiger charge is -2.18. The van der Waals surface area contributed by atoms with Crippen LogP contribution in [0, 0.1) is 5.92 Å². The van der Waals surface area contributed by atoms with Crippen molar-refractivity contribution in [1.82, 2.24) is 4.90 Å². The zero-order chi connectivity index (χ0) is 13.8. The number of ketones is 1. The Labute approximate surface area is 114 Å². The molecule has 0 saturated heterocycles. The van der Waals surface area contributed by atoms with E-state index in [1.165, 1.54) is 0 Å². The second-order valence-corrected chi connectivity index (χ2v) is 5.28. The van der Waals surface area contributed by atoms with Crippen LogP contribution in [0.1, 0.15) is 30.8 Å². The molecule has 0 saturated carbocycles. The molecule has 3 heteroatoms. The van der Waals surface area contributed by atoms with E-state index in [0.29, 0.717) is 18.2 Å². The first-order valence-electron chi connectivity index (χ1n) is 6.80. The average Bonchev–Trinajstić information content (AvgIpc) is 2.82. The molecule has 0 aliphatic heterocycles. The Hall–Kier alpha value is -1.61. The number of fused-ring (bicyclic) bond motifs is 1. The Morgan fingerprint density at radius 2 is 2.11 bits per heavy atom. The van der Waals surface area contributed by atoms with Gasteiger partial charge < -0.3 is 4.42 Å². The van der Waals surface area contributed by atoms with E-state index in [1.54, 1.807) is 0 Å². The second-order valence-electron chi connectivity index (χ2n) is 5.28. The summed E-state index contributed by atoms with van der Waals surface area (Å²) in [5.74, 6) is 1.10. The fraction of sp³-hybridized carbons (Fsp3) is 0.438. The van der Waals surface area contributed by atoms with Gasteiger partial charge in [0.05, 0.1) is 6.54 Å². The maximum Gasteiger partial charge on any atom is 0.211 e. The molecule has 0 bridgehead atoms. The molecule has 0 N–H and O–H groups in total. The summed E-state index contributed by atoms with van der Waals surface area (Å²) in [6.07, 6.45) is 1.13. The number of para-hydroxylation sites is 1. The molecule has 19 heavy (non-hydrogen) atoms. The molecule has 102 valence electrons. The lowest BCUT2D eigenvalue weighted by Crippen LogP contribution is -2.29. The van der Waals surface area contributed by atoms with Crippen LogP contribution in [-0.2, 0) is 0 Å². The lowest BCUT2D eigenvalue weighted by atomic mass is 10.1. The normalized spacial score (nSPS) is 13.1. The molecule has 1 aromatic heterocycles. The van der Waals surface area contributed by atoms with Gasteiger partial charge in [-0.05, 0) is 25.1 Å². The number of Topliss-reactive ketones (excluding diaryl/α,β-unsaturated/α-hetero) is 1. The number of hydrogen-bond acceptors (Lipinski definition) is 3. The van der Waals surface area contributed by atoms with Gasteiger partial charge in [0.1, 0.15) is 5.58 Å². The van der Waals surface area contributed by atoms with Crippen LogP contribution in [0.4, 0.5) is 0 Å². The Morgan fingerprint density at radius 3 is 2.79 bits per heavy atom. The van der Waals surface area contributed by atoms with E-state index in [-0.39, 0.29) is 5.78 Å². The predicted molar refractivity (Wildman–Crippen MR) is 77.5 cm³/mol. The summed E-state index contributed by atoms with van der Waals surface area (Å²) in [6, 6.07) is 9.53. The van der Waals surface area contributed by atoms with E-state index in [0.717, 1.165) is 23.9 Å². The number of nitrogens with zero attached hydrogens (tertiary/aromatic N) is 1. The fourth-order valence-electron chi connectivity index (χ4n) is 2.17. The number of rotatable bonds is 6. The summed E-state index contributed by atoms with van der Waals surface area (Å²) in [5, 5.41) is 0.982. The highest BCUT2D eigenvalue weighted by molar-refractivity contribution is 5.98. The minimum atomic E-state index is 0.0435. The topological polar surface area (TPSA) is 33.5 Å². The van der Waals surface area contributed by atoms with Gasteiger partial charge in [-0.3, -0.25) is 9.69 Å². The molecular weight excluding hydrogens is 238 g/mol. The molecule has 0 aliphatic carbocycles. The number of hydrogen-bond donors (Lipinski definition) is 0. The monoisotopic (exact) mass is 259 g/mol. The highest BCUT2D eigenvalue weighted by atomic mass is 16.3. The molecule has 0 amide bonds. The van der Waals surface area contributed by atoms with Crippen molar-refractivity contribution >= 4 is 16.8 Å². The van der Waals surface area contributed by atoms with Crippen LogP contribution >= 0.6 is 0 Å². The number of carbonyl (C=O) groups excluding carboxylic acids is 1. The van der Waals surface area contributed by atoms with Crippen LogP contribution in [0.25, 0.3) is 11.0 Å². The van der Waals surface area contributed by atoms with Gasteiger partial charge >= 0.3 is 0 Å². The Bertz CT molecular complexity index is 526. The third-order valence-corrected chi connectivity index (χ3v) is 3.43. The number of likely N-dealkylation sites (N-methyl/N-ethyl adjacent to an activating group) is 1. The van der Waals surface area contributed by atoms with E-state index in [9.17, 15) is 4.79 Å². The summed E-state index contributed by atoms with van der Waals surface area (Å²) < 4.78 is 5.59. The van der Waals surface area contributed by atoms with Crippen LogP contribution in [0.5, 0.6) is 0 Å². The third-order valence-electron chi connectivity index (χ3n) is 3.43. The van der Waals surface area contributed by atoms with Crippen LogP contribution in [0.3, 0.4) is 0 Å². The number of benzene rings is 1. The van der Waals surface area contributed by atoms with Gasteiger partial charge in [0.15, 0.2) is 5.76 Å². The Balaban J connectivity index is 2.03. The molecule has 3 nitrogen and oxygen atoms in total. The molecular formula is C16H21NO2. The zero-order valence-corrected chi connectivity index (χ0v) is 11.8. The predicted octanol–water partition coefficient (Wildman–Crippen LogP) is 3.59. The standard InChI is InChI=1S/C16H21NO2/c1-4-12(2)10-17(3)11-14(18)16-9-13-7-5-6-8-15(13)19-16/h5-9,12H,4,10-11H2,1-3H3. The first kappa shape index (κ1) is 13.8. The maximum absolute atomic E-state index is 12.2. The first-order valence-corrected chi connectivity index (χ1v) is 6.80. The van der Waals surface area contributed by atoms with Crippen molar-refractivity contribution in [3.63, 3.8) is 0 Å². The number of carbonyl (C=O) groups is 1. The van der Waals surface area contributed by atoms with E-state index in [4.69, 9.17) is 4.42 Å². The SMILES string of the molecule is CCC(C)CN(C)CC(=O)c1cc2ccccc2o1. The molecule has 2 aromatic rings. The third kappa shape index (κ3) is 3.44. The molecule has 0 fully saturated rings. The van der Waals surface area contributed by atoms with Crippen molar-refractivity contribution in [2.24, 2.45) is 5.92 Å². The maximum atomic E-state index is 12.2. The van der Waals surface area contributed by atoms with Gasteiger partial charge in [-0.25, -0.2) is 0 Å². The largest absolute Gasteiger partial charge is 0.453 e. The lowest BCUT2D eigenvalue weighted by molar-refractivity contribution is 0.0913. The average molecular weight is 259 g/mol. The van der Waals surface area contributed by atoms with E-state index in [2.05, 4.69) is 18.7 Å². The van der Waals surface area contributed by atoms with Crippen molar-refractivity contribution < 1.29 is 9.21 Å². The minimum Gasteiger partial charge on any atom is -0.453 e. The molecule has 2 rings (SSSR count). The summed E-state index contributed by atoms with van der Waals surface area (Å²) >= 11 is 0. The summed E-state index contributed by atoms with van der Waals surface area (Å²) in [4.78, 5) is 14.2. The van der Waals surface area contributed by atoms with E-state index in [1.807, 2.05) is 37.4 Å². The molecule has 1 unspecified atom stereocenters. The molecule has 0 aliphatic rings. The fourth-order valence-corrected chi connectivity index (χ4v) is 2.17. The highest BCUT2D eigenvalue weighted by Gasteiger charge is 2.15. The molecule has 0 radical (unpaired) electrons. The number of furan rings is 1. The molecule has 0 spiro atoms. The summed E-state index contributed by atoms with van der Waals surface area (Å²) in [6.45, 7) is 5.70. The van der Waals surface area contributed by atoms with Crippen molar-refractivity contribution in [1.29, 1.82) is 0 Å². The smallest absolute Gasteiger partial charge is 0.211 e. The Kier molecular flexibility index (Phi) is 4.38. The van der Waals surface area contributed by atoms with Crippen LogP contribution < -0.4 is 0 Å². The first-order chi connectivity index (χ1) is 9.10. The summed E-state index contributed by atoms with van der Waals surface area (Å²) in [5.41, 5.74) is 0.774. The Morgan fingerprint density at radius 1 is 1.37 bits per heavy atom. The van der Waals surface area contributed by atoms with Crippen molar-refractivity contribution in [2.75, 3.05) is 20.1 Å². The second kappa shape index (κ2) is 6.02. The van der Waals surface area contributed by atoms with Crippen molar-refractivity contribution in [2.45, 2.75) is 20.3 Å². The van der Waals surface area contributed by atoms with Crippen LogP contribution in [-0.4, -0.2) is 30.8 Å². The van der Waals surface area contributed by atoms with Crippen LogP contribution in [0.2, 0.25) is 0 Å². The van der Waals surface area contributed by atoms with E-state index < -0.39 is 0 Å². The molecule has 1 heterocycles. The highest BCUT2D eigenvalue weighted by Crippen LogP contribution is 2.19. The molecule has 1 aromatic carbocycles. The van der Waals surface area contributed by atoms with Gasteiger partial charge in [-0.15, -0.1) is 0 Å². The summed E-state index contributed by atoms with van der Waals surface area (Å²) in [7, 11) is 1.98. The van der Waals surface area contributed by atoms with Crippen molar-refractivity contribution in [3.05, 3.63) is 36.1 Å².